The molecule has 156 valence electrons. The maximum absolute atomic E-state index is 12.1. The standard InChI is InChI=1S/C22H29ClN4O2/c1-16(29-20-11-6-5-10-19(20)23)15-26-22(24-2)25-13-12-17-8-7-9-18(14-17)21(28)27(3)4/h5-11,14,16H,12-13,15H2,1-4H3,(H2,24,25,26). The Labute approximate surface area is 177 Å². The van der Waals surface area contributed by atoms with Gasteiger partial charge in [-0.1, -0.05) is 35.9 Å². The minimum Gasteiger partial charge on any atom is -0.487 e. The minimum absolute atomic E-state index is 0.00444. The SMILES string of the molecule is CN=C(NCCc1cccc(C(=O)N(C)C)c1)NCC(C)Oc1ccccc1Cl. The molecule has 2 rings (SSSR count). The van der Waals surface area contributed by atoms with E-state index in [9.17, 15) is 4.79 Å². The average molecular weight is 417 g/mol. The zero-order valence-corrected chi connectivity index (χ0v) is 18.2. The van der Waals surface area contributed by atoms with Crippen molar-refractivity contribution in [3.63, 3.8) is 0 Å². The van der Waals surface area contributed by atoms with E-state index in [-0.39, 0.29) is 12.0 Å². The lowest BCUT2D eigenvalue weighted by Crippen LogP contribution is -2.42. The number of rotatable bonds is 8. The highest BCUT2D eigenvalue weighted by Gasteiger charge is 2.09. The van der Waals surface area contributed by atoms with Crippen LogP contribution in [0.3, 0.4) is 0 Å². The molecule has 2 aromatic rings. The van der Waals surface area contributed by atoms with Gasteiger partial charge in [0.15, 0.2) is 5.96 Å². The molecule has 2 aromatic carbocycles. The number of hydrogen-bond acceptors (Lipinski definition) is 3. The van der Waals surface area contributed by atoms with Gasteiger partial charge in [0.1, 0.15) is 11.9 Å². The van der Waals surface area contributed by atoms with Crippen LogP contribution in [0.25, 0.3) is 0 Å². The molecule has 0 fully saturated rings. The summed E-state index contributed by atoms with van der Waals surface area (Å²) in [5.41, 5.74) is 1.79. The third kappa shape index (κ3) is 7.31. The van der Waals surface area contributed by atoms with E-state index in [1.807, 2.05) is 49.4 Å². The number of carbonyl (C=O) groups excluding carboxylic acids is 1. The van der Waals surface area contributed by atoms with Crippen LogP contribution in [0.4, 0.5) is 0 Å². The summed E-state index contributed by atoms with van der Waals surface area (Å²) in [6.45, 7) is 3.24. The lowest BCUT2D eigenvalue weighted by molar-refractivity contribution is 0.0827. The van der Waals surface area contributed by atoms with Gasteiger partial charge in [-0.2, -0.15) is 0 Å². The first-order valence-electron chi connectivity index (χ1n) is 9.57. The van der Waals surface area contributed by atoms with Crippen LogP contribution in [0.2, 0.25) is 5.02 Å². The van der Waals surface area contributed by atoms with Gasteiger partial charge < -0.3 is 20.3 Å². The van der Waals surface area contributed by atoms with Crippen molar-refractivity contribution in [2.24, 2.45) is 4.99 Å². The quantitative estimate of drug-likeness (QED) is 0.512. The topological polar surface area (TPSA) is 66.0 Å². The van der Waals surface area contributed by atoms with Crippen LogP contribution in [0.5, 0.6) is 5.75 Å². The lowest BCUT2D eigenvalue weighted by Gasteiger charge is -2.18. The van der Waals surface area contributed by atoms with Crippen molar-refractivity contribution in [2.45, 2.75) is 19.4 Å². The molecule has 1 unspecified atom stereocenters. The fraction of sp³-hybridized carbons (Fsp3) is 0.364. The molecule has 0 saturated heterocycles. The molecule has 2 N–H and O–H groups in total. The van der Waals surface area contributed by atoms with Crippen LogP contribution >= 0.6 is 11.6 Å². The number of amides is 1. The van der Waals surface area contributed by atoms with Crippen LogP contribution in [-0.2, 0) is 6.42 Å². The van der Waals surface area contributed by atoms with Gasteiger partial charge in [0.05, 0.1) is 11.6 Å². The Hall–Kier alpha value is -2.73. The molecule has 7 heteroatoms. The number of carbonyl (C=O) groups is 1. The van der Waals surface area contributed by atoms with E-state index in [1.54, 1.807) is 32.1 Å². The average Bonchev–Trinajstić information content (AvgIpc) is 2.71. The molecule has 0 aliphatic heterocycles. The summed E-state index contributed by atoms with van der Waals surface area (Å²) in [6.07, 6.45) is 0.697. The molecule has 0 aromatic heterocycles. The largest absolute Gasteiger partial charge is 0.487 e. The van der Waals surface area contributed by atoms with E-state index in [0.29, 0.717) is 35.4 Å². The molecule has 0 bridgehead atoms. The number of halogens is 1. The second kappa shape index (κ2) is 11.3. The summed E-state index contributed by atoms with van der Waals surface area (Å²) < 4.78 is 5.86. The second-order valence-electron chi connectivity index (χ2n) is 6.89. The maximum Gasteiger partial charge on any atom is 0.253 e. The molecule has 0 heterocycles. The second-order valence-corrected chi connectivity index (χ2v) is 7.30. The van der Waals surface area contributed by atoms with Crippen molar-refractivity contribution in [1.29, 1.82) is 0 Å². The fourth-order valence-electron chi connectivity index (χ4n) is 2.70. The van der Waals surface area contributed by atoms with E-state index in [1.165, 1.54) is 0 Å². The van der Waals surface area contributed by atoms with Crippen LogP contribution in [0.15, 0.2) is 53.5 Å². The summed E-state index contributed by atoms with van der Waals surface area (Å²) in [5.74, 6) is 1.36. The third-order valence-electron chi connectivity index (χ3n) is 4.23. The van der Waals surface area contributed by atoms with Crippen LogP contribution in [0, 0.1) is 0 Å². The smallest absolute Gasteiger partial charge is 0.253 e. The van der Waals surface area contributed by atoms with Crippen molar-refractivity contribution in [3.8, 4) is 5.75 Å². The Morgan fingerprint density at radius 3 is 2.62 bits per heavy atom. The van der Waals surface area contributed by atoms with Gasteiger partial charge in [-0.25, -0.2) is 0 Å². The van der Waals surface area contributed by atoms with Gasteiger partial charge in [-0.15, -0.1) is 0 Å². The van der Waals surface area contributed by atoms with Gasteiger partial charge >= 0.3 is 0 Å². The van der Waals surface area contributed by atoms with E-state index < -0.39 is 0 Å². The predicted octanol–water partition coefficient (Wildman–Crippen LogP) is 3.22. The van der Waals surface area contributed by atoms with Crippen LogP contribution in [0.1, 0.15) is 22.8 Å². The summed E-state index contributed by atoms with van der Waals surface area (Å²) in [7, 11) is 5.23. The van der Waals surface area contributed by atoms with Crippen molar-refractivity contribution in [2.75, 3.05) is 34.2 Å². The highest BCUT2D eigenvalue weighted by atomic mass is 35.5. The van der Waals surface area contributed by atoms with Gasteiger partial charge in [0.2, 0.25) is 0 Å². The summed E-state index contributed by atoms with van der Waals surface area (Å²) in [6, 6.07) is 15.1. The Morgan fingerprint density at radius 2 is 1.93 bits per heavy atom. The zero-order chi connectivity index (χ0) is 21.2. The lowest BCUT2D eigenvalue weighted by atomic mass is 10.1. The third-order valence-corrected chi connectivity index (χ3v) is 4.54. The highest BCUT2D eigenvalue weighted by Crippen LogP contribution is 2.23. The van der Waals surface area contributed by atoms with Gasteiger partial charge in [-0.3, -0.25) is 9.79 Å². The number of guanidine groups is 1. The predicted molar refractivity (Wildman–Crippen MR) is 119 cm³/mol. The van der Waals surface area contributed by atoms with Crippen LogP contribution < -0.4 is 15.4 Å². The molecule has 0 radical (unpaired) electrons. The van der Waals surface area contributed by atoms with Crippen LogP contribution in [-0.4, -0.2) is 57.1 Å². The summed E-state index contributed by atoms with van der Waals surface area (Å²) in [4.78, 5) is 17.9. The van der Waals surface area contributed by atoms with Crippen molar-refractivity contribution in [1.82, 2.24) is 15.5 Å². The Morgan fingerprint density at radius 1 is 1.17 bits per heavy atom. The molecule has 0 aliphatic carbocycles. The molecular formula is C22H29ClN4O2. The van der Waals surface area contributed by atoms with Crippen molar-refractivity contribution < 1.29 is 9.53 Å². The normalized spacial score (nSPS) is 12.2. The minimum atomic E-state index is -0.0813. The number of hydrogen-bond donors (Lipinski definition) is 2. The zero-order valence-electron chi connectivity index (χ0n) is 17.4. The molecule has 0 aliphatic rings. The van der Waals surface area contributed by atoms with E-state index >= 15 is 0 Å². The Bertz CT molecular complexity index is 839. The van der Waals surface area contributed by atoms with E-state index in [0.717, 1.165) is 12.0 Å². The van der Waals surface area contributed by atoms with Gasteiger partial charge in [0, 0.05) is 33.3 Å². The maximum atomic E-state index is 12.1. The number of para-hydroxylation sites is 1. The molecule has 0 spiro atoms. The van der Waals surface area contributed by atoms with E-state index in [4.69, 9.17) is 16.3 Å². The Balaban J connectivity index is 1.78. The first kappa shape index (κ1) is 22.6. The molecule has 29 heavy (non-hydrogen) atoms. The number of aliphatic imine (C=N–C) groups is 1. The first-order valence-corrected chi connectivity index (χ1v) is 9.94. The number of ether oxygens (including phenoxy) is 1. The van der Waals surface area contributed by atoms with E-state index in [2.05, 4.69) is 15.6 Å². The van der Waals surface area contributed by atoms with Gasteiger partial charge in [-0.05, 0) is 43.2 Å². The summed E-state index contributed by atoms with van der Waals surface area (Å²) in [5, 5.41) is 7.13. The Kier molecular flexibility index (Phi) is 8.80. The van der Waals surface area contributed by atoms with Crippen molar-refractivity contribution >= 4 is 23.5 Å². The molecular weight excluding hydrogens is 388 g/mol. The molecule has 0 saturated carbocycles. The number of nitrogens with zero attached hydrogens (tertiary/aromatic N) is 2. The summed E-state index contributed by atoms with van der Waals surface area (Å²) >= 11 is 6.13. The first-order chi connectivity index (χ1) is 13.9. The van der Waals surface area contributed by atoms with Crippen molar-refractivity contribution in [3.05, 3.63) is 64.7 Å². The van der Waals surface area contributed by atoms with Gasteiger partial charge in [0.25, 0.3) is 5.91 Å². The number of benzene rings is 2. The molecule has 1 atom stereocenters. The number of nitrogens with one attached hydrogen (secondary N) is 2. The fourth-order valence-corrected chi connectivity index (χ4v) is 2.88. The monoisotopic (exact) mass is 416 g/mol. The molecule has 1 amide bonds. The molecule has 6 nitrogen and oxygen atoms in total. The highest BCUT2D eigenvalue weighted by molar-refractivity contribution is 6.32.